The average molecular weight is 185 g/mol. The van der Waals surface area contributed by atoms with Gasteiger partial charge < -0.3 is 0 Å². The first kappa shape index (κ1) is 10.5. The van der Waals surface area contributed by atoms with E-state index in [1.165, 1.54) is 6.42 Å². The summed E-state index contributed by atoms with van der Waals surface area (Å²) in [5, 5.41) is 0. The molecule has 4 heteroatoms. The molecule has 1 aliphatic rings. The Balaban J connectivity index is 2.56. The molecule has 0 aliphatic carbocycles. The van der Waals surface area contributed by atoms with Gasteiger partial charge in [0.2, 0.25) is 0 Å². The number of nitrogens with two attached hydrogens (primary N) is 1. The molecule has 0 bridgehead atoms. The van der Waals surface area contributed by atoms with Crippen LogP contribution in [0.2, 0.25) is 0 Å². The Bertz CT molecular complexity index is 195. The summed E-state index contributed by atoms with van der Waals surface area (Å²) >= 11 is 0. The summed E-state index contributed by atoms with van der Waals surface area (Å²) in [7, 11) is 0. The lowest BCUT2D eigenvalue weighted by atomic mass is 10.1. The third-order valence-corrected chi connectivity index (χ3v) is 2.85. The molecule has 1 saturated heterocycles. The smallest absolute Gasteiger partial charge is 0.250 e. The van der Waals surface area contributed by atoms with Crippen LogP contribution in [0.25, 0.3) is 0 Å². The fraction of sp³-hybridized carbons (Fsp3) is 0.889. The Morgan fingerprint density at radius 2 is 2.23 bits per heavy atom. The number of rotatable bonds is 2. The van der Waals surface area contributed by atoms with E-state index in [0.717, 1.165) is 6.54 Å². The van der Waals surface area contributed by atoms with Gasteiger partial charge in [-0.05, 0) is 26.2 Å². The number of carbonyl (C=O) groups excluding carboxylic acids is 1. The molecule has 0 aromatic rings. The number of nitrogens with one attached hydrogen (secondary N) is 1. The van der Waals surface area contributed by atoms with E-state index in [-0.39, 0.29) is 11.9 Å². The summed E-state index contributed by atoms with van der Waals surface area (Å²) in [6, 6.07) is 0.382. The van der Waals surface area contributed by atoms with Crippen molar-refractivity contribution in [3.63, 3.8) is 0 Å². The van der Waals surface area contributed by atoms with Crippen molar-refractivity contribution in [2.45, 2.75) is 39.3 Å². The van der Waals surface area contributed by atoms with Crippen LogP contribution in [0, 0.1) is 5.92 Å². The van der Waals surface area contributed by atoms with Gasteiger partial charge in [0.05, 0.1) is 6.04 Å². The van der Waals surface area contributed by atoms with Crippen LogP contribution >= 0.6 is 0 Å². The van der Waals surface area contributed by atoms with Crippen molar-refractivity contribution >= 4 is 5.91 Å². The molecule has 3 N–H and O–H groups in total. The van der Waals surface area contributed by atoms with Crippen LogP contribution < -0.4 is 11.3 Å². The number of likely N-dealkylation sites (tertiary alicyclic amines) is 1. The predicted molar refractivity (Wildman–Crippen MR) is 51.7 cm³/mol. The standard InChI is InChI=1S/C9H19N3O/c1-6-4-7(2)12(5-6)8(3)9(13)11-10/h6-8H,4-5,10H2,1-3H3,(H,11,13). The van der Waals surface area contributed by atoms with Crippen molar-refractivity contribution < 1.29 is 4.79 Å². The zero-order valence-electron chi connectivity index (χ0n) is 8.58. The third kappa shape index (κ3) is 2.19. The van der Waals surface area contributed by atoms with Crippen LogP contribution in [0.15, 0.2) is 0 Å². The molecule has 4 nitrogen and oxygen atoms in total. The Morgan fingerprint density at radius 1 is 1.62 bits per heavy atom. The Hall–Kier alpha value is -0.610. The Morgan fingerprint density at radius 3 is 2.62 bits per heavy atom. The highest BCUT2D eigenvalue weighted by atomic mass is 16.2. The zero-order valence-corrected chi connectivity index (χ0v) is 8.58. The van der Waals surface area contributed by atoms with Gasteiger partial charge in [-0.1, -0.05) is 6.92 Å². The molecular formula is C9H19N3O. The van der Waals surface area contributed by atoms with Crippen molar-refractivity contribution in [3.05, 3.63) is 0 Å². The second-order valence-electron chi connectivity index (χ2n) is 4.07. The molecule has 3 unspecified atom stereocenters. The first-order valence-corrected chi connectivity index (χ1v) is 4.82. The Kier molecular flexibility index (Phi) is 3.27. The molecule has 3 atom stereocenters. The quantitative estimate of drug-likeness (QED) is 0.364. The summed E-state index contributed by atoms with van der Waals surface area (Å²) in [6.45, 7) is 7.26. The Labute approximate surface area is 79.4 Å². The summed E-state index contributed by atoms with van der Waals surface area (Å²) in [5.41, 5.74) is 2.20. The van der Waals surface area contributed by atoms with Crippen molar-refractivity contribution in [1.29, 1.82) is 0 Å². The van der Waals surface area contributed by atoms with Gasteiger partial charge in [-0.3, -0.25) is 15.1 Å². The minimum atomic E-state index is -0.107. The fourth-order valence-electron chi connectivity index (χ4n) is 2.14. The molecule has 0 aromatic carbocycles. The molecule has 1 amide bonds. The van der Waals surface area contributed by atoms with Crippen LogP contribution in [0.5, 0.6) is 0 Å². The van der Waals surface area contributed by atoms with E-state index in [2.05, 4.69) is 24.2 Å². The van der Waals surface area contributed by atoms with Crippen molar-refractivity contribution in [2.75, 3.05) is 6.54 Å². The SMILES string of the molecule is CC1CC(C)N(C(C)C(=O)NN)C1. The van der Waals surface area contributed by atoms with E-state index >= 15 is 0 Å². The molecule has 1 aliphatic heterocycles. The minimum absolute atomic E-state index is 0.0963. The van der Waals surface area contributed by atoms with Gasteiger partial charge in [0.25, 0.3) is 5.91 Å². The second-order valence-corrected chi connectivity index (χ2v) is 4.07. The van der Waals surface area contributed by atoms with Gasteiger partial charge in [0.1, 0.15) is 0 Å². The third-order valence-electron chi connectivity index (χ3n) is 2.85. The van der Waals surface area contributed by atoms with E-state index in [9.17, 15) is 4.79 Å². The molecule has 0 aromatic heterocycles. The molecule has 1 heterocycles. The second kappa shape index (κ2) is 4.07. The van der Waals surface area contributed by atoms with Gasteiger partial charge in [0.15, 0.2) is 0 Å². The van der Waals surface area contributed by atoms with Crippen LogP contribution in [0.4, 0.5) is 0 Å². The predicted octanol–water partition coefficient (Wildman–Crippen LogP) is 0.0951. The van der Waals surface area contributed by atoms with Crippen LogP contribution in [-0.2, 0) is 4.79 Å². The normalized spacial score (nSPS) is 31.7. The number of nitrogens with zero attached hydrogens (tertiary/aromatic N) is 1. The van der Waals surface area contributed by atoms with E-state index < -0.39 is 0 Å². The molecule has 0 saturated carbocycles. The van der Waals surface area contributed by atoms with Gasteiger partial charge in [0, 0.05) is 12.6 Å². The molecule has 0 radical (unpaired) electrons. The molecular weight excluding hydrogens is 166 g/mol. The largest absolute Gasteiger partial charge is 0.293 e. The molecule has 76 valence electrons. The summed E-state index contributed by atoms with van der Waals surface area (Å²) < 4.78 is 0. The lowest BCUT2D eigenvalue weighted by molar-refractivity contribution is -0.126. The van der Waals surface area contributed by atoms with Crippen LogP contribution in [0.1, 0.15) is 27.2 Å². The van der Waals surface area contributed by atoms with Gasteiger partial charge in [-0.25, -0.2) is 5.84 Å². The topological polar surface area (TPSA) is 58.4 Å². The highest BCUT2D eigenvalue weighted by molar-refractivity contribution is 5.80. The average Bonchev–Trinajstić information content (AvgIpc) is 2.42. The number of amides is 1. The van der Waals surface area contributed by atoms with Crippen molar-refractivity contribution in [3.8, 4) is 0 Å². The highest BCUT2D eigenvalue weighted by Crippen LogP contribution is 2.24. The maximum Gasteiger partial charge on any atom is 0.250 e. The number of carbonyl (C=O) groups is 1. The van der Waals surface area contributed by atoms with Crippen molar-refractivity contribution in [2.24, 2.45) is 11.8 Å². The van der Waals surface area contributed by atoms with Crippen LogP contribution in [-0.4, -0.2) is 29.4 Å². The molecule has 0 spiro atoms. The lowest BCUT2D eigenvalue weighted by Crippen LogP contribution is -2.48. The minimum Gasteiger partial charge on any atom is -0.293 e. The van der Waals surface area contributed by atoms with Gasteiger partial charge in [-0.15, -0.1) is 0 Å². The zero-order chi connectivity index (χ0) is 10.0. The van der Waals surface area contributed by atoms with E-state index in [1.807, 2.05) is 6.92 Å². The number of hydrogen-bond acceptors (Lipinski definition) is 3. The summed E-state index contributed by atoms with van der Waals surface area (Å²) in [6.07, 6.45) is 1.17. The van der Waals surface area contributed by atoms with E-state index in [0.29, 0.717) is 12.0 Å². The highest BCUT2D eigenvalue weighted by Gasteiger charge is 2.32. The van der Waals surface area contributed by atoms with Gasteiger partial charge >= 0.3 is 0 Å². The first-order valence-electron chi connectivity index (χ1n) is 4.82. The van der Waals surface area contributed by atoms with Crippen LogP contribution in [0.3, 0.4) is 0 Å². The maximum atomic E-state index is 11.3. The number of hydrazine groups is 1. The molecule has 1 rings (SSSR count). The maximum absolute atomic E-state index is 11.3. The first-order chi connectivity index (χ1) is 6.06. The number of hydrogen-bond donors (Lipinski definition) is 2. The van der Waals surface area contributed by atoms with Gasteiger partial charge in [-0.2, -0.15) is 0 Å². The fourth-order valence-corrected chi connectivity index (χ4v) is 2.14. The van der Waals surface area contributed by atoms with E-state index in [4.69, 9.17) is 5.84 Å². The summed E-state index contributed by atoms with van der Waals surface area (Å²) in [5.74, 6) is 5.68. The lowest BCUT2D eigenvalue weighted by Gasteiger charge is -2.26. The molecule has 1 fully saturated rings. The van der Waals surface area contributed by atoms with Crippen molar-refractivity contribution in [1.82, 2.24) is 10.3 Å². The summed E-state index contributed by atoms with van der Waals surface area (Å²) in [4.78, 5) is 13.5. The molecule has 13 heavy (non-hydrogen) atoms. The monoisotopic (exact) mass is 185 g/mol. The van der Waals surface area contributed by atoms with E-state index in [1.54, 1.807) is 0 Å².